The summed E-state index contributed by atoms with van der Waals surface area (Å²) in [6.45, 7) is 6.63. The van der Waals surface area contributed by atoms with Crippen molar-refractivity contribution in [1.82, 2.24) is 0 Å². The Balaban J connectivity index is 0.00000121. The molecule has 0 saturated heterocycles. The molecule has 2 nitrogen and oxygen atoms in total. The molecule has 0 atom stereocenters. The van der Waals surface area contributed by atoms with Crippen LogP contribution in [0, 0.1) is 6.26 Å². The first kappa shape index (κ1) is 11.9. The topological polar surface area (TPSA) is 22.4 Å². The van der Waals surface area contributed by atoms with Crippen LogP contribution in [0.15, 0.2) is 10.5 Å². The Bertz CT molecular complexity index is 239. The maximum Gasteiger partial charge on any atom is 1.00 e. The average molecular weight is 176 g/mol. The van der Waals surface area contributed by atoms with E-state index in [-0.39, 0.29) is 18.9 Å². The zero-order valence-corrected chi connectivity index (χ0v) is 9.39. The van der Waals surface area contributed by atoms with Crippen LogP contribution in [0.4, 0.5) is 0 Å². The molecular weight excluding hydrogens is 163 g/mol. The van der Waals surface area contributed by atoms with Crippen LogP contribution in [-0.4, -0.2) is 15.2 Å². The Morgan fingerprint density at radius 1 is 1.42 bits per heavy atom. The smallest absolute Gasteiger partial charge is 0.595 e. The number of methoxy groups -OCH3 is 1. The summed E-state index contributed by atoms with van der Waals surface area (Å²) in [7, 11) is 0.286. The van der Waals surface area contributed by atoms with Gasteiger partial charge in [-0.2, -0.15) is 0 Å². The van der Waals surface area contributed by atoms with Crippen LogP contribution in [0.25, 0.3) is 0 Å². The molecule has 0 saturated carbocycles. The van der Waals surface area contributed by atoms with Gasteiger partial charge in [0.2, 0.25) is 0 Å². The van der Waals surface area contributed by atoms with Crippen molar-refractivity contribution in [1.29, 1.82) is 0 Å². The molecule has 0 bridgehead atoms. The van der Waals surface area contributed by atoms with E-state index in [0.29, 0.717) is 0 Å². The third kappa shape index (κ3) is 2.44. The number of ether oxygens (including phenoxy) is 1. The van der Waals surface area contributed by atoms with Gasteiger partial charge in [0.1, 0.15) is 0 Å². The second-order valence-electron chi connectivity index (χ2n) is 3.51. The van der Waals surface area contributed by atoms with E-state index in [1.54, 1.807) is 13.2 Å². The Kier molecular flexibility index (Phi) is 4.18. The molecular formula is C8H13LiO2Si. The minimum Gasteiger partial charge on any atom is -0.595 e. The van der Waals surface area contributed by atoms with Crippen LogP contribution in [-0.2, 0) is 0 Å². The van der Waals surface area contributed by atoms with Crippen molar-refractivity contribution in [2.45, 2.75) is 19.6 Å². The second-order valence-corrected chi connectivity index (χ2v) is 8.47. The summed E-state index contributed by atoms with van der Waals surface area (Å²) in [5.74, 6) is 0.837. The number of hydrogen-bond donors (Lipinski definition) is 0. The van der Waals surface area contributed by atoms with Gasteiger partial charge in [-0.25, -0.2) is 0 Å². The molecule has 0 amide bonds. The molecule has 4 heteroatoms. The van der Waals surface area contributed by atoms with Gasteiger partial charge in [0.25, 0.3) is 0 Å². The van der Waals surface area contributed by atoms with E-state index in [2.05, 4.69) is 25.9 Å². The van der Waals surface area contributed by atoms with Crippen LogP contribution >= 0.6 is 0 Å². The van der Waals surface area contributed by atoms with Gasteiger partial charge in [-0.1, -0.05) is 19.6 Å². The summed E-state index contributed by atoms with van der Waals surface area (Å²) < 4.78 is 10.4. The van der Waals surface area contributed by atoms with Crippen LogP contribution in [0.5, 0.6) is 5.75 Å². The van der Waals surface area contributed by atoms with Crippen LogP contribution < -0.4 is 29.0 Å². The van der Waals surface area contributed by atoms with Crippen molar-refractivity contribution in [3.8, 4) is 5.75 Å². The van der Waals surface area contributed by atoms with Crippen molar-refractivity contribution in [3.63, 3.8) is 0 Å². The minimum absolute atomic E-state index is 0. The molecule has 12 heavy (non-hydrogen) atoms. The van der Waals surface area contributed by atoms with E-state index in [0.717, 1.165) is 11.1 Å². The van der Waals surface area contributed by atoms with E-state index in [1.807, 2.05) is 0 Å². The summed E-state index contributed by atoms with van der Waals surface area (Å²) in [5.41, 5.74) is 0. The van der Waals surface area contributed by atoms with Gasteiger partial charge >= 0.3 is 18.9 Å². The van der Waals surface area contributed by atoms with E-state index in [4.69, 9.17) is 9.15 Å². The van der Waals surface area contributed by atoms with Gasteiger partial charge in [-0.15, -0.1) is 6.07 Å². The van der Waals surface area contributed by atoms with E-state index < -0.39 is 8.07 Å². The van der Waals surface area contributed by atoms with E-state index in [1.165, 1.54) is 0 Å². The fraction of sp³-hybridized carbons (Fsp3) is 0.500. The molecule has 0 unspecified atom stereocenters. The Morgan fingerprint density at radius 3 is 2.33 bits per heavy atom. The van der Waals surface area contributed by atoms with Gasteiger partial charge in [0.15, 0.2) is 0 Å². The van der Waals surface area contributed by atoms with Crippen LogP contribution in [0.1, 0.15) is 0 Å². The molecule has 0 aliphatic heterocycles. The predicted molar refractivity (Wildman–Crippen MR) is 47.1 cm³/mol. The van der Waals surface area contributed by atoms with Gasteiger partial charge in [-0.3, -0.25) is 0 Å². The fourth-order valence-electron chi connectivity index (χ4n) is 0.932. The predicted octanol–water partition coefficient (Wildman–Crippen LogP) is -1.36. The third-order valence-electron chi connectivity index (χ3n) is 1.48. The molecule has 1 heterocycles. The van der Waals surface area contributed by atoms with E-state index in [9.17, 15) is 0 Å². The number of hydrogen-bond acceptors (Lipinski definition) is 2. The van der Waals surface area contributed by atoms with Gasteiger partial charge in [-0.05, 0) is 11.6 Å². The van der Waals surface area contributed by atoms with Crippen molar-refractivity contribution < 1.29 is 28.0 Å². The Labute approximate surface area is 86.5 Å². The largest absolute Gasteiger partial charge is 1.00 e. The fourth-order valence-corrected chi connectivity index (χ4v) is 2.21. The molecule has 0 aliphatic carbocycles. The number of furan rings is 1. The quantitative estimate of drug-likeness (QED) is 0.410. The molecule has 62 valence electrons. The van der Waals surface area contributed by atoms with Crippen LogP contribution in [0.3, 0.4) is 0 Å². The second kappa shape index (κ2) is 4.22. The normalized spacial score (nSPS) is 10.7. The van der Waals surface area contributed by atoms with Crippen molar-refractivity contribution in [3.05, 3.63) is 12.3 Å². The monoisotopic (exact) mass is 176 g/mol. The summed E-state index contributed by atoms with van der Waals surface area (Å²) in [4.78, 5) is 0. The van der Waals surface area contributed by atoms with Gasteiger partial charge < -0.3 is 9.15 Å². The van der Waals surface area contributed by atoms with E-state index >= 15 is 0 Å². The molecule has 0 N–H and O–H groups in total. The van der Waals surface area contributed by atoms with Gasteiger partial charge in [0.05, 0.1) is 7.11 Å². The molecule has 0 spiro atoms. The molecule has 1 rings (SSSR count). The zero-order valence-electron chi connectivity index (χ0n) is 8.39. The molecule has 1 aromatic heterocycles. The Hall–Kier alpha value is -0.106. The third-order valence-corrected chi connectivity index (χ3v) is 3.19. The zero-order chi connectivity index (χ0) is 8.48. The standard InChI is InChI=1S/C8H13O2Si.Li/c1-9-7-5-6-10-8(7)11(2,3)4;/h5H,1-4H3;/q-1;+1. The first-order valence-corrected chi connectivity index (χ1v) is 7.10. The summed E-state index contributed by atoms with van der Waals surface area (Å²) >= 11 is 0. The Morgan fingerprint density at radius 2 is 2.00 bits per heavy atom. The molecule has 0 aliphatic rings. The molecule has 0 aromatic carbocycles. The first-order chi connectivity index (χ1) is 5.05. The molecule has 1 aromatic rings. The maximum absolute atomic E-state index is 5.23. The minimum atomic E-state index is -1.37. The number of rotatable bonds is 2. The van der Waals surface area contributed by atoms with Crippen LogP contribution in [0.2, 0.25) is 19.6 Å². The van der Waals surface area contributed by atoms with Crippen molar-refractivity contribution in [2.75, 3.05) is 7.11 Å². The average Bonchev–Trinajstić information content (AvgIpc) is 2.31. The molecule has 0 radical (unpaired) electrons. The summed E-state index contributed by atoms with van der Waals surface area (Å²) in [6, 6.07) is 1.74. The van der Waals surface area contributed by atoms with Crippen molar-refractivity contribution >= 4 is 13.5 Å². The summed E-state index contributed by atoms with van der Waals surface area (Å²) in [6.07, 6.45) is 2.69. The van der Waals surface area contributed by atoms with Gasteiger partial charge in [0, 0.05) is 13.8 Å². The SMILES string of the molecule is COc1c[c-]oc1[Si](C)(C)C.[Li+]. The summed E-state index contributed by atoms with van der Waals surface area (Å²) in [5, 5.41) is 0.986. The van der Waals surface area contributed by atoms with Crippen molar-refractivity contribution in [2.24, 2.45) is 0 Å². The maximum atomic E-state index is 5.23. The first-order valence-electron chi connectivity index (χ1n) is 3.60. The molecule has 0 fully saturated rings.